The number of ether oxygens (including phenoxy) is 1. The largest absolute Gasteiger partial charge is 0.378 e. The summed E-state index contributed by atoms with van der Waals surface area (Å²) in [6, 6.07) is 1.35. The van der Waals surface area contributed by atoms with Gasteiger partial charge in [0.25, 0.3) is 5.91 Å². The average molecular weight is 401 g/mol. The van der Waals surface area contributed by atoms with Crippen molar-refractivity contribution in [3.8, 4) is 10.8 Å². The van der Waals surface area contributed by atoms with E-state index < -0.39 is 6.04 Å². The van der Waals surface area contributed by atoms with Gasteiger partial charge in [0.05, 0.1) is 18.9 Å². The Morgan fingerprint density at radius 3 is 2.68 bits per heavy atom. The third kappa shape index (κ3) is 3.64. The van der Waals surface area contributed by atoms with Crippen LogP contribution < -0.4 is 0 Å². The van der Waals surface area contributed by atoms with Crippen molar-refractivity contribution < 1.29 is 14.3 Å². The molecule has 4 heterocycles. The monoisotopic (exact) mass is 401 g/mol. The van der Waals surface area contributed by atoms with Gasteiger partial charge in [0.2, 0.25) is 5.91 Å². The minimum Gasteiger partial charge on any atom is -0.378 e. The van der Waals surface area contributed by atoms with Crippen LogP contribution >= 0.6 is 11.3 Å². The Kier molecular flexibility index (Phi) is 5.63. The van der Waals surface area contributed by atoms with Crippen molar-refractivity contribution in [2.24, 2.45) is 0 Å². The SMILES string of the molecule is CCc1nc(-c2ncccn2)sc1C(=O)N1CCC[C@H]1C(=O)N1CCOCC1. The molecule has 0 saturated carbocycles. The van der Waals surface area contributed by atoms with Crippen LogP contribution in [0, 0.1) is 0 Å². The lowest BCUT2D eigenvalue weighted by atomic mass is 10.1. The van der Waals surface area contributed by atoms with E-state index in [9.17, 15) is 9.59 Å². The number of amides is 2. The second kappa shape index (κ2) is 8.32. The van der Waals surface area contributed by atoms with Crippen molar-refractivity contribution in [3.05, 3.63) is 29.0 Å². The van der Waals surface area contributed by atoms with Crippen molar-refractivity contribution in [2.75, 3.05) is 32.8 Å². The molecule has 2 amide bonds. The summed E-state index contributed by atoms with van der Waals surface area (Å²) < 4.78 is 5.34. The summed E-state index contributed by atoms with van der Waals surface area (Å²) in [5, 5.41) is 0.635. The molecular formula is C19H23N5O3S. The predicted molar refractivity (Wildman–Crippen MR) is 104 cm³/mol. The summed E-state index contributed by atoms with van der Waals surface area (Å²) in [6.45, 7) is 4.87. The highest BCUT2D eigenvalue weighted by atomic mass is 32.1. The number of aromatic nitrogens is 3. The molecule has 2 aromatic rings. The number of thiazole rings is 1. The summed E-state index contributed by atoms with van der Waals surface area (Å²) in [5.74, 6) is 0.438. The third-order valence-electron chi connectivity index (χ3n) is 5.11. The fraction of sp³-hybridized carbons (Fsp3) is 0.526. The highest BCUT2D eigenvalue weighted by molar-refractivity contribution is 7.17. The maximum absolute atomic E-state index is 13.3. The normalized spacial score (nSPS) is 19.8. The van der Waals surface area contributed by atoms with Crippen LogP contribution in [0.25, 0.3) is 10.8 Å². The van der Waals surface area contributed by atoms with E-state index in [1.165, 1.54) is 11.3 Å². The fourth-order valence-corrected chi connectivity index (χ4v) is 4.71. The lowest BCUT2D eigenvalue weighted by molar-refractivity contribution is -0.139. The van der Waals surface area contributed by atoms with Gasteiger partial charge >= 0.3 is 0 Å². The minimum absolute atomic E-state index is 0.0309. The second-order valence-electron chi connectivity index (χ2n) is 6.82. The highest BCUT2D eigenvalue weighted by Crippen LogP contribution is 2.30. The molecule has 0 aliphatic carbocycles. The van der Waals surface area contributed by atoms with Gasteiger partial charge in [-0.25, -0.2) is 15.0 Å². The smallest absolute Gasteiger partial charge is 0.266 e. The van der Waals surface area contributed by atoms with Gasteiger partial charge in [0.1, 0.15) is 10.9 Å². The first-order chi connectivity index (χ1) is 13.7. The van der Waals surface area contributed by atoms with E-state index in [1.54, 1.807) is 23.4 Å². The van der Waals surface area contributed by atoms with Crippen LogP contribution in [0.2, 0.25) is 0 Å². The van der Waals surface area contributed by atoms with E-state index in [-0.39, 0.29) is 11.8 Å². The lowest BCUT2D eigenvalue weighted by Gasteiger charge is -2.32. The van der Waals surface area contributed by atoms with Crippen LogP contribution in [0.3, 0.4) is 0 Å². The first kappa shape index (κ1) is 18.9. The standard InChI is InChI=1S/C19H23N5O3S/c1-2-13-15(28-17(22-13)16-20-6-4-7-21-16)19(26)24-8-3-5-14(24)18(25)23-9-11-27-12-10-23/h4,6-7,14H,2-3,5,8-12H2,1H3/t14-/m0/s1. The van der Waals surface area contributed by atoms with E-state index in [1.807, 2.05) is 11.8 Å². The summed E-state index contributed by atoms with van der Waals surface area (Å²) >= 11 is 1.31. The molecule has 0 unspecified atom stereocenters. The Morgan fingerprint density at radius 2 is 1.96 bits per heavy atom. The van der Waals surface area contributed by atoms with Crippen molar-refractivity contribution in [2.45, 2.75) is 32.2 Å². The molecule has 0 spiro atoms. The summed E-state index contributed by atoms with van der Waals surface area (Å²) in [7, 11) is 0. The number of morpholine rings is 1. The number of hydrogen-bond acceptors (Lipinski definition) is 7. The van der Waals surface area contributed by atoms with Crippen LogP contribution in [0.5, 0.6) is 0 Å². The molecule has 0 N–H and O–H groups in total. The Bertz CT molecular complexity index is 851. The summed E-state index contributed by atoms with van der Waals surface area (Å²) in [4.78, 5) is 43.5. The molecule has 28 heavy (non-hydrogen) atoms. The molecule has 2 aliphatic rings. The average Bonchev–Trinajstić information content (AvgIpc) is 3.41. The van der Waals surface area contributed by atoms with Crippen molar-refractivity contribution in [3.63, 3.8) is 0 Å². The minimum atomic E-state index is -0.395. The molecule has 4 rings (SSSR count). The number of carbonyl (C=O) groups excluding carboxylic acids is 2. The first-order valence-corrected chi connectivity index (χ1v) is 10.4. The van der Waals surface area contributed by atoms with Crippen LogP contribution in [-0.2, 0) is 16.0 Å². The van der Waals surface area contributed by atoms with Gasteiger partial charge in [-0.3, -0.25) is 9.59 Å². The van der Waals surface area contributed by atoms with Crippen LogP contribution in [0.1, 0.15) is 35.1 Å². The van der Waals surface area contributed by atoms with Gasteiger partial charge in [-0.15, -0.1) is 11.3 Å². The third-order valence-corrected chi connectivity index (χ3v) is 6.19. The summed E-state index contributed by atoms with van der Waals surface area (Å²) in [5.41, 5.74) is 0.738. The number of nitrogens with zero attached hydrogens (tertiary/aromatic N) is 5. The molecule has 2 aromatic heterocycles. The van der Waals surface area contributed by atoms with Gasteiger partial charge < -0.3 is 14.5 Å². The zero-order valence-corrected chi connectivity index (χ0v) is 16.7. The Labute approximate surface area is 167 Å². The fourth-order valence-electron chi connectivity index (χ4n) is 3.66. The Morgan fingerprint density at radius 1 is 1.21 bits per heavy atom. The number of likely N-dealkylation sites (tertiary alicyclic amines) is 1. The highest BCUT2D eigenvalue weighted by Gasteiger charge is 2.38. The lowest BCUT2D eigenvalue weighted by Crippen LogP contribution is -2.51. The zero-order chi connectivity index (χ0) is 19.5. The molecule has 0 bridgehead atoms. The second-order valence-corrected chi connectivity index (χ2v) is 7.81. The molecular weight excluding hydrogens is 378 g/mol. The molecule has 9 heteroatoms. The quantitative estimate of drug-likeness (QED) is 0.774. The Hall–Kier alpha value is -2.39. The molecule has 2 fully saturated rings. The predicted octanol–water partition coefficient (Wildman–Crippen LogP) is 1.63. The van der Waals surface area contributed by atoms with Gasteiger partial charge in [-0.2, -0.15) is 0 Å². The maximum atomic E-state index is 13.3. The molecule has 2 saturated heterocycles. The van der Waals surface area contributed by atoms with Gasteiger partial charge in [0, 0.05) is 32.0 Å². The number of rotatable bonds is 4. The van der Waals surface area contributed by atoms with Crippen LogP contribution in [-0.4, -0.2) is 75.5 Å². The van der Waals surface area contributed by atoms with E-state index >= 15 is 0 Å². The molecule has 8 nitrogen and oxygen atoms in total. The van der Waals surface area contributed by atoms with E-state index in [2.05, 4.69) is 15.0 Å². The van der Waals surface area contributed by atoms with Crippen LogP contribution in [0.15, 0.2) is 18.5 Å². The number of carbonyl (C=O) groups is 2. The van der Waals surface area contributed by atoms with Crippen LogP contribution in [0.4, 0.5) is 0 Å². The molecule has 2 aliphatic heterocycles. The van der Waals surface area contributed by atoms with Crippen molar-refractivity contribution >= 4 is 23.2 Å². The zero-order valence-electron chi connectivity index (χ0n) is 15.8. The molecule has 0 aromatic carbocycles. The number of aryl methyl sites for hydroxylation is 1. The van der Waals surface area contributed by atoms with E-state index in [4.69, 9.17) is 4.74 Å². The molecule has 0 radical (unpaired) electrons. The van der Waals surface area contributed by atoms with Crippen molar-refractivity contribution in [1.29, 1.82) is 0 Å². The first-order valence-electron chi connectivity index (χ1n) is 9.63. The van der Waals surface area contributed by atoms with Gasteiger partial charge in [-0.05, 0) is 25.3 Å². The molecule has 148 valence electrons. The molecule has 1 atom stereocenters. The van der Waals surface area contributed by atoms with E-state index in [0.29, 0.717) is 61.4 Å². The number of hydrogen-bond donors (Lipinski definition) is 0. The summed E-state index contributed by atoms with van der Waals surface area (Å²) in [6.07, 6.45) is 5.50. The maximum Gasteiger partial charge on any atom is 0.266 e. The van der Waals surface area contributed by atoms with Crippen molar-refractivity contribution in [1.82, 2.24) is 24.8 Å². The topological polar surface area (TPSA) is 88.5 Å². The Balaban J connectivity index is 1.58. The van der Waals surface area contributed by atoms with Gasteiger partial charge in [-0.1, -0.05) is 6.92 Å². The van der Waals surface area contributed by atoms with E-state index in [0.717, 1.165) is 12.1 Å². The van der Waals surface area contributed by atoms with Gasteiger partial charge in [0.15, 0.2) is 10.8 Å².